The SMILES string of the molecule is COc1ccc(CN2CC(C)N(C)C(C)C2)cc1O. The van der Waals surface area contributed by atoms with Crippen molar-refractivity contribution in [1.82, 2.24) is 9.80 Å². The summed E-state index contributed by atoms with van der Waals surface area (Å²) in [5.41, 5.74) is 1.13. The largest absolute Gasteiger partial charge is 0.504 e. The lowest BCUT2D eigenvalue weighted by Gasteiger charge is -2.42. The van der Waals surface area contributed by atoms with Gasteiger partial charge in [-0.15, -0.1) is 0 Å². The summed E-state index contributed by atoms with van der Waals surface area (Å²) in [6, 6.07) is 6.78. The molecule has 0 aromatic heterocycles. The van der Waals surface area contributed by atoms with E-state index in [9.17, 15) is 5.11 Å². The number of aromatic hydroxyl groups is 1. The zero-order chi connectivity index (χ0) is 14.0. The third kappa shape index (κ3) is 3.19. The Morgan fingerprint density at radius 1 is 1.26 bits per heavy atom. The van der Waals surface area contributed by atoms with E-state index in [0.717, 1.165) is 25.2 Å². The average Bonchev–Trinajstić information content (AvgIpc) is 2.36. The highest BCUT2D eigenvalue weighted by Crippen LogP contribution is 2.27. The second kappa shape index (κ2) is 5.80. The fourth-order valence-electron chi connectivity index (χ4n) is 2.74. The summed E-state index contributed by atoms with van der Waals surface area (Å²) >= 11 is 0. The van der Waals surface area contributed by atoms with Crippen LogP contribution < -0.4 is 4.74 Å². The topological polar surface area (TPSA) is 35.9 Å². The third-order valence-corrected chi connectivity index (χ3v) is 4.08. The van der Waals surface area contributed by atoms with Gasteiger partial charge in [0.05, 0.1) is 7.11 Å². The van der Waals surface area contributed by atoms with Gasteiger partial charge in [0.2, 0.25) is 0 Å². The van der Waals surface area contributed by atoms with Crippen molar-refractivity contribution in [3.8, 4) is 11.5 Å². The molecule has 1 aromatic rings. The van der Waals surface area contributed by atoms with Gasteiger partial charge >= 0.3 is 0 Å². The number of nitrogens with zero attached hydrogens (tertiary/aromatic N) is 2. The van der Waals surface area contributed by atoms with Crippen LogP contribution in [-0.2, 0) is 6.54 Å². The van der Waals surface area contributed by atoms with Gasteiger partial charge in [-0.1, -0.05) is 6.07 Å². The Labute approximate surface area is 115 Å². The van der Waals surface area contributed by atoms with E-state index in [-0.39, 0.29) is 5.75 Å². The van der Waals surface area contributed by atoms with E-state index < -0.39 is 0 Å². The summed E-state index contributed by atoms with van der Waals surface area (Å²) < 4.78 is 5.07. The van der Waals surface area contributed by atoms with Crippen LogP contribution in [0.1, 0.15) is 19.4 Å². The minimum absolute atomic E-state index is 0.218. The highest BCUT2D eigenvalue weighted by atomic mass is 16.5. The number of methoxy groups -OCH3 is 1. The molecule has 1 N–H and O–H groups in total. The van der Waals surface area contributed by atoms with Gasteiger partial charge in [-0.2, -0.15) is 0 Å². The van der Waals surface area contributed by atoms with Crippen LogP contribution in [0, 0.1) is 0 Å². The average molecular weight is 264 g/mol. The zero-order valence-electron chi connectivity index (χ0n) is 12.3. The number of benzene rings is 1. The molecule has 4 heteroatoms. The Morgan fingerprint density at radius 2 is 1.89 bits per heavy atom. The highest BCUT2D eigenvalue weighted by Gasteiger charge is 2.26. The van der Waals surface area contributed by atoms with Crippen molar-refractivity contribution in [3.63, 3.8) is 0 Å². The molecule has 4 nitrogen and oxygen atoms in total. The van der Waals surface area contributed by atoms with E-state index in [1.54, 1.807) is 13.2 Å². The minimum Gasteiger partial charge on any atom is -0.504 e. The maximum Gasteiger partial charge on any atom is 0.160 e. The second-order valence-corrected chi connectivity index (χ2v) is 5.56. The van der Waals surface area contributed by atoms with Crippen LogP contribution in [0.15, 0.2) is 18.2 Å². The summed E-state index contributed by atoms with van der Waals surface area (Å²) in [4.78, 5) is 4.86. The summed E-state index contributed by atoms with van der Waals surface area (Å²) in [5.74, 6) is 0.749. The minimum atomic E-state index is 0.218. The van der Waals surface area contributed by atoms with Gasteiger partial charge in [-0.05, 0) is 38.6 Å². The maximum atomic E-state index is 9.82. The molecule has 1 aliphatic rings. The first kappa shape index (κ1) is 14.2. The van der Waals surface area contributed by atoms with Crippen LogP contribution in [0.4, 0.5) is 0 Å². The normalized spacial score (nSPS) is 25.5. The van der Waals surface area contributed by atoms with Gasteiger partial charge in [0, 0.05) is 31.7 Å². The lowest BCUT2D eigenvalue weighted by Crippen LogP contribution is -2.54. The molecule has 0 radical (unpaired) electrons. The molecule has 0 aliphatic carbocycles. The third-order valence-electron chi connectivity index (χ3n) is 4.08. The van der Waals surface area contributed by atoms with Crippen molar-refractivity contribution in [2.75, 3.05) is 27.2 Å². The van der Waals surface area contributed by atoms with Crippen LogP contribution >= 0.6 is 0 Å². The van der Waals surface area contributed by atoms with Crippen molar-refractivity contribution < 1.29 is 9.84 Å². The first-order valence-electron chi connectivity index (χ1n) is 6.81. The lowest BCUT2D eigenvalue weighted by atomic mass is 10.1. The van der Waals surface area contributed by atoms with E-state index >= 15 is 0 Å². The molecule has 1 saturated heterocycles. The van der Waals surface area contributed by atoms with Crippen molar-refractivity contribution in [1.29, 1.82) is 0 Å². The summed E-state index contributed by atoms with van der Waals surface area (Å²) in [5, 5.41) is 9.82. The molecule has 1 fully saturated rings. The molecule has 1 heterocycles. The van der Waals surface area contributed by atoms with Crippen molar-refractivity contribution >= 4 is 0 Å². The lowest BCUT2D eigenvalue weighted by molar-refractivity contribution is 0.0556. The summed E-state index contributed by atoms with van der Waals surface area (Å²) in [6.07, 6.45) is 0. The Kier molecular flexibility index (Phi) is 4.32. The van der Waals surface area contributed by atoms with E-state index in [1.165, 1.54) is 0 Å². The zero-order valence-corrected chi connectivity index (χ0v) is 12.3. The molecular weight excluding hydrogens is 240 g/mol. The van der Waals surface area contributed by atoms with Gasteiger partial charge in [-0.25, -0.2) is 0 Å². The van der Waals surface area contributed by atoms with Crippen LogP contribution in [-0.4, -0.2) is 54.2 Å². The molecule has 2 rings (SSSR count). The van der Waals surface area contributed by atoms with Gasteiger partial charge in [0.1, 0.15) is 0 Å². The number of rotatable bonds is 3. The number of phenols is 1. The molecule has 2 unspecified atom stereocenters. The number of piperazine rings is 1. The summed E-state index contributed by atoms with van der Waals surface area (Å²) in [6.45, 7) is 7.52. The molecule has 0 bridgehead atoms. The number of hydrogen-bond acceptors (Lipinski definition) is 4. The fraction of sp³-hybridized carbons (Fsp3) is 0.600. The van der Waals surface area contributed by atoms with Crippen molar-refractivity contribution in [2.24, 2.45) is 0 Å². The molecule has 2 atom stereocenters. The molecule has 19 heavy (non-hydrogen) atoms. The molecule has 0 spiro atoms. The van der Waals surface area contributed by atoms with E-state index in [0.29, 0.717) is 17.8 Å². The Bertz CT molecular complexity index is 424. The number of ether oxygens (including phenoxy) is 1. The monoisotopic (exact) mass is 264 g/mol. The number of hydrogen-bond donors (Lipinski definition) is 1. The van der Waals surface area contributed by atoms with Gasteiger partial charge in [-0.3, -0.25) is 9.80 Å². The fourth-order valence-corrected chi connectivity index (χ4v) is 2.74. The molecular formula is C15H24N2O2. The van der Waals surface area contributed by atoms with Gasteiger partial charge in [0.15, 0.2) is 11.5 Å². The highest BCUT2D eigenvalue weighted by molar-refractivity contribution is 5.41. The second-order valence-electron chi connectivity index (χ2n) is 5.56. The van der Waals surface area contributed by atoms with E-state index in [2.05, 4.69) is 30.7 Å². The van der Waals surface area contributed by atoms with Gasteiger partial charge in [0.25, 0.3) is 0 Å². The van der Waals surface area contributed by atoms with Crippen LogP contribution in [0.5, 0.6) is 11.5 Å². The van der Waals surface area contributed by atoms with Gasteiger partial charge < -0.3 is 9.84 Å². The quantitative estimate of drug-likeness (QED) is 0.905. The standard InChI is InChI=1S/C15H24N2O2/c1-11-8-17(9-12(2)16(11)3)10-13-5-6-15(19-4)14(18)7-13/h5-7,11-12,18H,8-10H2,1-4H3. The van der Waals surface area contributed by atoms with Crippen molar-refractivity contribution in [3.05, 3.63) is 23.8 Å². The Morgan fingerprint density at radius 3 is 2.42 bits per heavy atom. The van der Waals surface area contributed by atoms with E-state index in [1.807, 2.05) is 12.1 Å². The first-order chi connectivity index (χ1) is 9.01. The Hall–Kier alpha value is -1.26. The molecule has 1 aromatic carbocycles. The molecule has 0 amide bonds. The first-order valence-corrected chi connectivity index (χ1v) is 6.81. The van der Waals surface area contributed by atoms with E-state index in [4.69, 9.17) is 4.74 Å². The van der Waals surface area contributed by atoms with Crippen LogP contribution in [0.3, 0.4) is 0 Å². The Balaban J connectivity index is 2.03. The van der Waals surface area contributed by atoms with Crippen molar-refractivity contribution in [2.45, 2.75) is 32.5 Å². The predicted molar refractivity (Wildman–Crippen MR) is 76.6 cm³/mol. The van der Waals surface area contributed by atoms with Crippen LogP contribution in [0.25, 0.3) is 0 Å². The number of likely N-dealkylation sites (N-methyl/N-ethyl adjacent to an activating group) is 1. The smallest absolute Gasteiger partial charge is 0.160 e. The summed E-state index contributed by atoms with van der Waals surface area (Å²) in [7, 11) is 3.75. The molecule has 106 valence electrons. The number of phenolic OH excluding ortho intramolecular Hbond substituents is 1. The predicted octanol–water partition coefficient (Wildman–Crippen LogP) is 1.93. The molecule has 0 saturated carbocycles. The maximum absolute atomic E-state index is 9.82. The molecule has 1 aliphatic heterocycles. The van der Waals surface area contributed by atoms with Crippen LogP contribution in [0.2, 0.25) is 0 Å².